The average molecular weight is 316 g/mol. The fourth-order valence-corrected chi connectivity index (χ4v) is 4.60. The molecule has 0 saturated heterocycles. The second-order valence-electron chi connectivity index (χ2n) is 5.32. The zero-order valence-corrected chi connectivity index (χ0v) is 13.1. The van der Waals surface area contributed by atoms with E-state index in [0.717, 1.165) is 11.8 Å². The first kappa shape index (κ1) is 13.6. The molecular weight excluding hydrogens is 294 g/mol. The molecule has 1 aromatic rings. The van der Waals surface area contributed by atoms with Crippen LogP contribution >= 0.6 is 27.3 Å². The van der Waals surface area contributed by atoms with Crippen molar-refractivity contribution in [3.63, 3.8) is 0 Å². The SMILES string of the molecule is CNC(Cc1sccc1Br)C1CCCC(C)C1. The number of likely N-dealkylation sites (N-methyl/N-ethyl adjacent to an activating group) is 1. The van der Waals surface area contributed by atoms with Crippen LogP contribution in [0.5, 0.6) is 0 Å². The van der Waals surface area contributed by atoms with E-state index in [1.54, 1.807) is 0 Å². The van der Waals surface area contributed by atoms with E-state index in [1.807, 2.05) is 11.3 Å². The van der Waals surface area contributed by atoms with Gasteiger partial charge in [0, 0.05) is 15.4 Å². The third-order valence-electron chi connectivity index (χ3n) is 4.01. The predicted octanol–water partition coefficient (Wildman–Crippen LogP) is 4.47. The molecule has 1 saturated carbocycles. The van der Waals surface area contributed by atoms with Gasteiger partial charge < -0.3 is 5.32 Å². The standard InChI is InChI=1S/C14H22BrNS/c1-10-4-3-5-11(8-10)13(16-2)9-14-12(15)6-7-17-14/h6-7,10-11,13,16H,3-5,8-9H2,1-2H3. The zero-order chi connectivity index (χ0) is 12.3. The first-order valence-corrected chi connectivity index (χ1v) is 8.27. The molecule has 3 unspecified atom stereocenters. The van der Waals surface area contributed by atoms with Gasteiger partial charge in [-0.1, -0.05) is 19.8 Å². The van der Waals surface area contributed by atoms with Crippen molar-refractivity contribution in [2.24, 2.45) is 11.8 Å². The van der Waals surface area contributed by atoms with E-state index in [9.17, 15) is 0 Å². The van der Waals surface area contributed by atoms with Crippen LogP contribution in [0, 0.1) is 11.8 Å². The van der Waals surface area contributed by atoms with Crippen LogP contribution in [-0.2, 0) is 6.42 Å². The maximum Gasteiger partial charge on any atom is 0.0314 e. The third-order valence-corrected chi connectivity index (χ3v) is 5.96. The lowest BCUT2D eigenvalue weighted by Gasteiger charge is -2.33. The summed E-state index contributed by atoms with van der Waals surface area (Å²) < 4.78 is 1.28. The van der Waals surface area contributed by atoms with Crippen LogP contribution in [0.15, 0.2) is 15.9 Å². The molecule has 0 aliphatic heterocycles. The first-order valence-electron chi connectivity index (χ1n) is 6.59. The summed E-state index contributed by atoms with van der Waals surface area (Å²) in [5.74, 6) is 1.77. The lowest BCUT2D eigenvalue weighted by molar-refractivity contribution is 0.228. The highest BCUT2D eigenvalue weighted by atomic mass is 79.9. The Kier molecular flexibility index (Phi) is 5.07. The Hall–Kier alpha value is 0.140. The summed E-state index contributed by atoms with van der Waals surface area (Å²) in [6.45, 7) is 2.40. The molecule has 1 N–H and O–H groups in total. The first-order chi connectivity index (χ1) is 8.20. The molecule has 0 amide bonds. The smallest absolute Gasteiger partial charge is 0.0314 e. The molecule has 0 aromatic carbocycles. The van der Waals surface area contributed by atoms with Gasteiger partial charge in [0.05, 0.1) is 0 Å². The molecule has 1 nitrogen and oxygen atoms in total. The second kappa shape index (κ2) is 6.35. The minimum absolute atomic E-state index is 0.646. The number of hydrogen-bond donors (Lipinski definition) is 1. The van der Waals surface area contributed by atoms with Crippen LogP contribution in [0.4, 0.5) is 0 Å². The van der Waals surface area contributed by atoms with Crippen LogP contribution in [0.2, 0.25) is 0 Å². The van der Waals surface area contributed by atoms with E-state index in [0.29, 0.717) is 6.04 Å². The molecule has 1 aromatic heterocycles. The van der Waals surface area contributed by atoms with Crippen molar-refractivity contribution < 1.29 is 0 Å². The Bertz CT molecular complexity index is 350. The fraction of sp³-hybridized carbons (Fsp3) is 0.714. The lowest BCUT2D eigenvalue weighted by Crippen LogP contribution is -2.37. The van der Waals surface area contributed by atoms with Crippen molar-refractivity contribution in [2.75, 3.05) is 7.05 Å². The number of halogens is 1. The molecule has 1 heterocycles. The molecule has 3 atom stereocenters. The van der Waals surface area contributed by atoms with E-state index in [2.05, 4.69) is 46.7 Å². The molecular formula is C14H22BrNS. The molecule has 96 valence electrons. The van der Waals surface area contributed by atoms with Crippen LogP contribution in [0.25, 0.3) is 0 Å². The largest absolute Gasteiger partial charge is 0.316 e. The highest BCUT2D eigenvalue weighted by Crippen LogP contribution is 2.33. The Morgan fingerprint density at radius 1 is 1.53 bits per heavy atom. The van der Waals surface area contributed by atoms with Gasteiger partial charge in [-0.25, -0.2) is 0 Å². The maximum absolute atomic E-state index is 3.64. The van der Waals surface area contributed by atoms with Gasteiger partial charge in [0.1, 0.15) is 0 Å². The van der Waals surface area contributed by atoms with E-state index in [4.69, 9.17) is 0 Å². The summed E-state index contributed by atoms with van der Waals surface area (Å²) in [6.07, 6.45) is 6.81. The van der Waals surface area contributed by atoms with Gasteiger partial charge in [-0.3, -0.25) is 0 Å². The number of thiophene rings is 1. The number of nitrogens with one attached hydrogen (secondary N) is 1. The molecule has 1 aliphatic rings. The van der Waals surface area contributed by atoms with Crippen LogP contribution in [-0.4, -0.2) is 13.1 Å². The van der Waals surface area contributed by atoms with Crippen molar-refractivity contribution in [1.29, 1.82) is 0 Å². The Labute approximate surface area is 117 Å². The van der Waals surface area contributed by atoms with E-state index in [-0.39, 0.29) is 0 Å². The lowest BCUT2D eigenvalue weighted by atomic mass is 9.77. The maximum atomic E-state index is 3.64. The van der Waals surface area contributed by atoms with Gasteiger partial charge in [-0.2, -0.15) is 0 Å². The molecule has 0 bridgehead atoms. The average Bonchev–Trinajstić information content (AvgIpc) is 2.71. The van der Waals surface area contributed by atoms with Crippen LogP contribution < -0.4 is 5.32 Å². The second-order valence-corrected chi connectivity index (χ2v) is 7.18. The molecule has 1 aliphatic carbocycles. The highest BCUT2D eigenvalue weighted by molar-refractivity contribution is 9.10. The summed E-state index contributed by atoms with van der Waals surface area (Å²) in [7, 11) is 2.12. The highest BCUT2D eigenvalue weighted by Gasteiger charge is 2.26. The van der Waals surface area contributed by atoms with Gasteiger partial charge in [0.15, 0.2) is 0 Å². The minimum atomic E-state index is 0.646. The van der Waals surface area contributed by atoms with Gasteiger partial charge in [0.2, 0.25) is 0 Å². The summed E-state index contributed by atoms with van der Waals surface area (Å²) in [4.78, 5) is 1.49. The summed E-state index contributed by atoms with van der Waals surface area (Å²) in [5.41, 5.74) is 0. The quantitative estimate of drug-likeness (QED) is 0.864. The van der Waals surface area contributed by atoms with E-state index in [1.165, 1.54) is 41.5 Å². The van der Waals surface area contributed by atoms with E-state index < -0.39 is 0 Å². The Balaban J connectivity index is 1.98. The van der Waals surface area contributed by atoms with Crippen molar-refractivity contribution in [3.8, 4) is 0 Å². The normalized spacial score (nSPS) is 27.0. The summed E-state index contributed by atoms with van der Waals surface area (Å²) >= 11 is 5.51. The number of rotatable bonds is 4. The summed E-state index contributed by atoms with van der Waals surface area (Å²) in [5, 5.41) is 5.72. The number of hydrogen-bond acceptors (Lipinski definition) is 2. The minimum Gasteiger partial charge on any atom is -0.316 e. The van der Waals surface area contributed by atoms with Crippen LogP contribution in [0.1, 0.15) is 37.5 Å². The Morgan fingerprint density at radius 2 is 2.35 bits per heavy atom. The van der Waals surface area contributed by atoms with Crippen LogP contribution in [0.3, 0.4) is 0 Å². The van der Waals surface area contributed by atoms with Gasteiger partial charge in [-0.15, -0.1) is 11.3 Å². The molecule has 0 radical (unpaired) electrons. The van der Waals surface area contributed by atoms with Gasteiger partial charge in [-0.05, 0) is 65.5 Å². The Morgan fingerprint density at radius 3 is 2.94 bits per heavy atom. The fourth-order valence-electron chi connectivity index (χ4n) is 3.02. The molecule has 0 spiro atoms. The van der Waals surface area contributed by atoms with E-state index >= 15 is 0 Å². The molecule has 17 heavy (non-hydrogen) atoms. The van der Waals surface area contributed by atoms with Crippen molar-refractivity contribution in [1.82, 2.24) is 5.32 Å². The van der Waals surface area contributed by atoms with Crippen molar-refractivity contribution >= 4 is 27.3 Å². The predicted molar refractivity (Wildman–Crippen MR) is 79.7 cm³/mol. The van der Waals surface area contributed by atoms with Crippen molar-refractivity contribution in [2.45, 2.75) is 45.1 Å². The molecule has 3 heteroatoms. The molecule has 2 rings (SSSR count). The third kappa shape index (κ3) is 3.55. The zero-order valence-electron chi connectivity index (χ0n) is 10.7. The molecule has 1 fully saturated rings. The van der Waals surface area contributed by atoms with Crippen molar-refractivity contribution in [3.05, 3.63) is 20.8 Å². The topological polar surface area (TPSA) is 12.0 Å². The van der Waals surface area contributed by atoms with Gasteiger partial charge in [0.25, 0.3) is 0 Å². The van der Waals surface area contributed by atoms with Gasteiger partial charge >= 0.3 is 0 Å². The summed E-state index contributed by atoms with van der Waals surface area (Å²) in [6, 6.07) is 2.81. The monoisotopic (exact) mass is 315 g/mol.